The lowest BCUT2D eigenvalue weighted by atomic mass is 9.94. The van der Waals surface area contributed by atoms with Crippen molar-refractivity contribution < 1.29 is 4.79 Å². The zero-order chi connectivity index (χ0) is 31.2. The van der Waals surface area contributed by atoms with E-state index in [1.54, 1.807) is 40.0 Å². The first-order chi connectivity index (χ1) is 21.0. The molecule has 1 aliphatic rings. The van der Waals surface area contributed by atoms with E-state index in [0.717, 1.165) is 5.56 Å². The molecule has 13 nitrogen and oxygen atoms in total. The highest BCUT2D eigenvalue weighted by Crippen LogP contribution is 2.35. The normalized spacial score (nSPS) is 17.4. The molecule has 0 fully saturated rings. The highest BCUT2D eigenvalue weighted by molar-refractivity contribution is 9.10. The molecular formula is C29H29BrClN11O2. The van der Waals surface area contributed by atoms with Gasteiger partial charge in [0.05, 0.1) is 47.5 Å². The number of hydrogen-bond acceptors (Lipinski definition) is 9. The molecule has 2 aromatic carbocycles. The first-order valence-electron chi connectivity index (χ1n) is 13.8. The van der Waals surface area contributed by atoms with Gasteiger partial charge in [-0.25, -0.2) is 14.3 Å². The second-order valence-electron chi connectivity index (χ2n) is 10.8. The average Bonchev–Trinajstić information content (AvgIpc) is 3.61. The summed E-state index contributed by atoms with van der Waals surface area (Å²) in [7, 11) is 0. The molecule has 2 unspecified atom stereocenters. The van der Waals surface area contributed by atoms with Crippen LogP contribution in [0.3, 0.4) is 0 Å². The van der Waals surface area contributed by atoms with Crippen molar-refractivity contribution >= 4 is 39.1 Å². The lowest BCUT2D eigenvalue weighted by Gasteiger charge is -2.25. The summed E-state index contributed by atoms with van der Waals surface area (Å²) >= 11 is 9.66. The van der Waals surface area contributed by atoms with Crippen LogP contribution in [0.5, 0.6) is 0 Å². The summed E-state index contributed by atoms with van der Waals surface area (Å²) in [6, 6.07) is 13.9. The number of halogens is 2. The predicted molar refractivity (Wildman–Crippen MR) is 170 cm³/mol. The van der Waals surface area contributed by atoms with E-state index in [1.807, 2.05) is 31.2 Å². The molecule has 15 heteroatoms. The maximum absolute atomic E-state index is 13.8. The number of fused-ring (bicyclic) bond motifs is 4. The molecule has 0 radical (unpaired) electrons. The number of hydrogen-bond donors (Lipinski definition) is 4. The molecular weight excluding hydrogens is 650 g/mol. The highest BCUT2D eigenvalue weighted by Gasteiger charge is 2.27. The van der Waals surface area contributed by atoms with Gasteiger partial charge in [-0.3, -0.25) is 31.4 Å². The molecule has 0 aliphatic carbocycles. The first-order valence-corrected chi connectivity index (χ1v) is 15.0. The van der Waals surface area contributed by atoms with Crippen LogP contribution in [-0.2, 0) is 10.7 Å². The van der Waals surface area contributed by atoms with Gasteiger partial charge in [-0.2, -0.15) is 5.10 Å². The van der Waals surface area contributed by atoms with Crippen molar-refractivity contribution in [3.05, 3.63) is 92.8 Å². The van der Waals surface area contributed by atoms with Gasteiger partial charge >= 0.3 is 0 Å². The summed E-state index contributed by atoms with van der Waals surface area (Å²) in [6.45, 7) is 1.86. The third kappa shape index (κ3) is 5.81. The standard InChI is InChI=1S/C29H29BrClN11O2/c1-16-4-2-7-23(17-5-3-6-18(10-17)27-22(37-28(16)44)13-36-42(27)29(32,33)34)40-15-35-21(12-26(40)43)20-11-19(31)8-9-24(20)41-14-25(30)38-39-41/h3,5-6,8-16,23H,2,4,7,32-34H2,1H3,(H,37,44). The number of nitrogens with one attached hydrogen (secondary N) is 1. The smallest absolute Gasteiger partial charge is 0.254 e. The molecule has 0 spiro atoms. The fourth-order valence-electron chi connectivity index (χ4n) is 5.44. The van der Waals surface area contributed by atoms with Crippen molar-refractivity contribution in [1.29, 1.82) is 0 Å². The van der Waals surface area contributed by atoms with Gasteiger partial charge in [-0.15, -0.1) is 5.10 Å². The number of carbonyl (C=O) groups excluding carboxylic acids is 1. The Morgan fingerprint density at radius 1 is 1.09 bits per heavy atom. The van der Waals surface area contributed by atoms with Gasteiger partial charge in [0, 0.05) is 28.1 Å². The van der Waals surface area contributed by atoms with Crippen molar-refractivity contribution in [3.63, 3.8) is 0 Å². The van der Waals surface area contributed by atoms with Gasteiger partial charge in [-0.05, 0) is 58.6 Å². The van der Waals surface area contributed by atoms with Crippen LogP contribution in [0.1, 0.15) is 37.8 Å². The maximum Gasteiger partial charge on any atom is 0.254 e. The second kappa shape index (κ2) is 11.7. The van der Waals surface area contributed by atoms with Crippen LogP contribution in [0.2, 0.25) is 5.02 Å². The molecule has 4 heterocycles. The van der Waals surface area contributed by atoms with E-state index in [0.29, 0.717) is 62.8 Å². The lowest BCUT2D eigenvalue weighted by molar-refractivity contribution is -0.119. The zero-order valence-electron chi connectivity index (χ0n) is 23.6. The van der Waals surface area contributed by atoms with Gasteiger partial charge in [0.25, 0.3) is 5.56 Å². The molecule has 0 saturated heterocycles. The topological polar surface area (TPSA) is 191 Å². The molecule has 1 aliphatic heterocycles. The van der Waals surface area contributed by atoms with E-state index >= 15 is 0 Å². The van der Waals surface area contributed by atoms with Crippen LogP contribution in [0.15, 0.2) is 76.6 Å². The van der Waals surface area contributed by atoms with E-state index in [2.05, 4.69) is 36.7 Å². The number of rotatable bonds is 4. The highest BCUT2D eigenvalue weighted by atomic mass is 79.9. The Morgan fingerprint density at radius 2 is 1.91 bits per heavy atom. The number of carbonyl (C=O) groups is 1. The summed E-state index contributed by atoms with van der Waals surface area (Å²) in [5.41, 5.74) is 22.0. The summed E-state index contributed by atoms with van der Waals surface area (Å²) in [5.74, 6) is -2.30. The molecule has 5 aromatic rings. The fourth-order valence-corrected chi connectivity index (χ4v) is 5.88. The number of nitrogens with two attached hydrogens (primary N) is 3. The SMILES string of the molecule is CC1CCCC(n2cnc(-c3cc(Cl)ccc3-n3cc(Br)nn3)cc2=O)c2cccc(c2)-c2c(cnn2C(N)(N)N)NC1=O. The molecule has 2 atom stereocenters. The number of amides is 1. The summed E-state index contributed by atoms with van der Waals surface area (Å²) < 4.78 is 5.01. The molecule has 1 amide bonds. The fraction of sp³-hybridized carbons (Fsp3) is 0.241. The van der Waals surface area contributed by atoms with Crippen molar-refractivity contribution in [2.45, 2.75) is 38.1 Å². The Labute approximate surface area is 265 Å². The summed E-state index contributed by atoms with van der Waals surface area (Å²) in [5, 5.41) is 15.8. The largest absolute Gasteiger partial charge is 0.323 e. The quantitative estimate of drug-likeness (QED) is 0.206. The Bertz CT molecular complexity index is 1930. The Morgan fingerprint density at radius 3 is 2.64 bits per heavy atom. The Hall–Kier alpha value is -4.21. The molecule has 44 heavy (non-hydrogen) atoms. The Kier molecular flexibility index (Phi) is 7.94. The van der Waals surface area contributed by atoms with Gasteiger partial charge in [0.15, 0.2) is 0 Å². The van der Waals surface area contributed by atoms with Gasteiger partial charge in [0.1, 0.15) is 4.60 Å². The molecule has 3 aromatic heterocycles. The lowest BCUT2D eigenvalue weighted by Crippen LogP contribution is -2.60. The monoisotopic (exact) mass is 677 g/mol. The van der Waals surface area contributed by atoms with Crippen molar-refractivity contribution in [1.82, 2.24) is 34.3 Å². The minimum absolute atomic E-state index is 0.171. The van der Waals surface area contributed by atoms with Crippen LogP contribution in [0, 0.1) is 5.92 Å². The van der Waals surface area contributed by atoms with Gasteiger partial charge < -0.3 is 5.32 Å². The number of benzene rings is 2. The van der Waals surface area contributed by atoms with E-state index in [-0.39, 0.29) is 23.4 Å². The van der Waals surface area contributed by atoms with Crippen molar-refractivity contribution in [2.75, 3.05) is 5.32 Å². The molecule has 6 rings (SSSR count). The minimum Gasteiger partial charge on any atom is -0.323 e. The molecule has 2 bridgehead atoms. The van der Waals surface area contributed by atoms with E-state index < -0.39 is 5.91 Å². The van der Waals surface area contributed by atoms with E-state index in [1.165, 1.54) is 16.9 Å². The number of nitrogens with zero attached hydrogens (tertiary/aromatic N) is 7. The Balaban J connectivity index is 1.46. The first kappa shape index (κ1) is 29.8. The molecule has 0 saturated carbocycles. The zero-order valence-corrected chi connectivity index (χ0v) is 25.9. The molecule has 7 N–H and O–H groups in total. The van der Waals surface area contributed by atoms with Crippen LogP contribution < -0.4 is 28.1 Å². The van der Waals surface area contributed by atoms with Gasteiger partial charge in [-0.1, -0.05) is 48.4 Å². The van der Waals surface area contributed by atoms with E-state index in [9.17, 15) is 9.59 Å². The minimum atomic E-state index is -1.82. The second-order valence-corrected chi connectivity index (χ2v) is 12.1. The average molecular weight is 679 g/mol. The maximum atomic E-state index is 13.8. The van der Waals surface area contributed by atoms with E-state index in [4.69, 9.17) is 33.8 Å². The third-order valence-corrected chi connectivity index (χ3v) is 8.22. The van der Waals surface area contributed by atoms with Crippen molar-refractivity contribution in [2.24, 2.45) is 23.1 Å². The number of anilines is 1. The number of aromatic nitrogens is 7. The molecule has 226 valence electrons. The van der Waals surface area contributed by atoms with Crippen LogP contribution in [0.25, 0.3) is 28.2 Å². The third-order valence-electron chi connectivity index (χ3n) is 7.62. The summed E-state index contributed by atoms with van der Waals surface area (Å²) in [6.07, 6.45) is 6.58. The van der Waals surface area contributed by atoms with Crippen molar-refractivity contribution in [3.8, 4) is 28.2 Å². The van der Waals surface area contributed by atoms with Gasteiger partial charge in [0.2, 0.25) is 11.8 Å². The van der Waals surface area contributed by atoms with Crippen LogP contribution in [-0.4, -0.2) is 40.2 Å². The predicted octanol–water partition coefficient (Wildman–Crippen LogP) is 3.56. The van der Waals surface area contributed by atoms with Crippen LogP contribution >= 0.6 is 27.5 Å². The summed E-state index contributed by atoms with van der Waals surface area (Å²) in [4.78, 5) is 31.6. The van der Waals surface area contributed by atoms with Crippen LogP contribution in [0.4, 0.5) is 5.69 Å².